The molecule has 2 rings (SSSR count). The van der Waals surface area contributed by atoms with Crippen molar-refractivity contribution < 1.29 is 38.1 Å². The minimum Gasteiger partial charge on any atom is -0.465 e. The average molecular weight is 597 g/mol. The zero-order chi connectivity index (χ0) is 31.2. The van der Waals surface area contributed by atoms with E-state index in [1.165, 1.54) is 0 Å². The zero-order valence-corrected chi connectivity index (χ0v) is 27.0. The molecule has 0 N–H and O–H groups in total. The van der Waals surface area contributed by atoms with Crippen LogP contribution in [0.15, 0.2) is 0 Å². The second-order valence-corrected chi connectivity index (χ2v) is 13.6. The Morgan fingerprint density at radius 1 is 0.524 bits per heavy atom. The van der Waals surface area contributed by atoms with Crippen LogP contribution < -0.4 is 0 Å². The van der Waals surface area contributed by atoms with Crippen LogP contribution in [0.1, 0.15) is 119 Å². The van der Waals surface area contributed by atoms with E-state index in [0.29, 0.717) is 65.1 Å². The molecule has 42 heavy (non-hydrogen) atoms. The summed E-state index contributed by atoms with van der Waals surface area (Å²) < 4.78 is 21.8. The van der Waals surface area contributed by atoms with Crippen LogP contribution in [0.3, 0.4) is 0 Å². The quantitative estimate of drug-likeness (QED) is 0.135. The number of hydrogen-bond donors (Lipinski definition) is 0. The van der Waals surface area contributed by atoms with E-state index in [1.54, 1.807) is 9.80 Å². The molecule has 242 valence electrons. The Morgan fingerprint density at radius 2 is 0.810 bits per heavy atom. The number of amides is 2. The first kappa shape index (κ1) is 35.7. The monoisotopic (exact) mass is 596 g/mol. The van der Waals surface area contributed by atoms with Gasteiger partial charge in [-0.15, -0.1) is 0 Å². The third kappa shape index (κ3) is 14.6. The van der Waals surface area contributed by atoms with Gasteiger partial charge >= 0.3 is 24.1 Å². The molecule has 2 saturated heterocycles. The lowest BCUT2D eigenvalue weighted by atomic mass is 9.97. The van der Waals surface area contributed by atoms with Crippen molar-refractivity contribution in [2.45, 2.75) is 130 Å². The van der Waals surface area contributed by atoms with Gasteiger partial charge in [-0.1, -0.05) is 38.5 Å². The van der Waals surface area contributed by atoms with Crippen molar-refractivity contribution in [3.8, 4) is 0 Å². The van der Waals surface area contributed by atoms with E-state index in [-0.39, 0.29) is 36.0 Å². The van der Waals surface area contributed by atoms with Gasteiger partial charge in [0, 0.05) is 26.2 Å². The molecule has 2 amide bonds. The molecule has 0 bridgehead atoms. The van der Waals surface area contributed by atoms with Crippen LogP contribution in [0.5, 0.6) is 0 Å². The predicted molar refractivity (Wildman–Crippen MR) is 160 cm³/mol. The Morgan fingerprint density at radius 3 is 1.10 bits per heavy atom. The molecular formula is C32H56N2O8. The van der Waals surface area contributed by atoms with Crippen LogP contribution in [0.2, 0.25) is 0 Å². The largest absolute Gasteiger partial charge is 0.465 e. The lowest BCUT2D eigenvalue weighted by Crippen LogP contribution is -2.43. The molecule has 0 saturated carbocycles. The number of nitrogens with zero attached hydrogens (tertiary/aromatic N) is 2. The summed E-state index contributed by atoms with van der Waals surface area (Å²) in [4.78, 5) is 52.4. The Bertz CT molecular complexity index is 778. The number of carbonyl (C=O) groups is 4. The second-order valence-electron chi connectivity index (χ2n) is 13.6. The van der Waals surface area contributed by atoms with Gasteiger partial charge in [0.2, 0.25) is 0 Å². The van der Waals surface area contributed by atoms with E-state index in [2.05, 4.69) is 0 Å². The van der Waals surface area contributed by atoms with E-state index in [4.69, 9.17) is 18.9 Å². The van der Waals surface area contributed by atoms with Crippen LogP contribution in [-0.2, 0) is 28.5 Å². The smallest absolute Gasteiger partial charge is 0.410 e. The number of ether oxygens (including phenoxy) is 4. The summed E-state index contributed by atoms with van der Waals surface area (Å²) >= 11 is 0. The molecule has 0 aromatic heterocycles. The van der Waals surface area contributed by atoms with Gasteiger partial charge in [0.25, 0.3) is 0 Å². The van der Waals surface area contributed by atoms with Gasteiger partial charge in [-0.2, -0.15) is 0 Å². The number of piperidine rings is 2. The van der Waals surface area contributed by atoms with Gasteiger partial charge in [0.05, 0.1) is 25.0 Å². The minimum absolute atomic E-state index is 0.139. The molecule has 2 heterocycles. The topological polar surface area (TPSA) is 112 Å². The van der Waals surface area contributed by atoms with Crippen LogP contribution in [-0.4, -0.2) is 84.5 Å². The van der Waals surface area contributed by atoms with E-state index >= 15 is 0 Å². The fourth-order valence-electron chi connectivity index (χ4n) is 5.09. The van der Waals surface area contributed by atoms with E-state index in [9.17, 15) is 19.2 Å². The van der Waals surface area contributed by atoms with Gasteiger partial charge in [0.15, 0.2) is 0 Å². The number of hydrogen-bond acceptors (Lipinski definition) is 8. The molecular weight excluding hydrogens is 540 g/mol. The standard InChI is InChI=1S/C32H56N2O8/c1-31(2,3)41-29(37)33-19-15-25(16-20-33)27(35)39-23-13-11-9-7-8-10-12-14-24-40-28(36)26-17-21-34(22-18-26)30(38)42-32(4,5)6/h25-26H,7-24H2,1-6H3. The summed E-state index contributed by atoms with van der Waals surface area (Å²) in [6.07, 6.45) is 10.2. The SMILES string of the molecule is CC(C)(C)OC(=O)N1CCC(C(=O)OCCCCCCCCCCOC(=O)C2CCN(C(=O)OC(C)(C)C)CC2)CC1. The summed E-state index contributed by atoms with van der Waals surface area (Å²) in [6.45, 7) is 14.1. The van der Waals surface area contributed by atoms with Crippen molar-refractivity contribution in [2.24, 2.45) is 11.8 Å². The van der Waals surface area contributed by atoms with Gasteiger partial charge in [-0.3, -0.25) is 9.59 Å². The van der Waals surface area contributed by atoms with Gasteiger partial charge in [0.1, 0.15) is 11.2 Å². The lowest BCUT2D eigenvalue weighted by molar-refractivity contribution is -0.151. The Hall–Kier alpha value is -2.52. The van der Waals surface area contributed by atoms with Gasteiger partial charge in [-0.25, -0.2) is 9.59 Å². The summed E-state index contributed by atoms with van der Waals surface area (Å²) in [5.41, 5.74) is -1.04. The van der Waals surface area contributed by atoms with Crippen molar-refractivity contribution in [2.75, 3.05) is 39.4 Å². The summed E-state index contributed by atoms with van der Waals surface area (Å²) in [5, 5.41) is 0. The van der Waals surface area contributed by atoms with Crippen LogP contribution in [0.25, 0.3) is 0 Å². The number of likely N-dealkylation sites (tertiary alicyclic amines) is 2. The van der Waals surface area contributed by atoms with E-state index < -0.39 is 11.2 Å². The number of carbonyl (C=O) groups excluding carboxylic acids is 4. The van der Waals surface area contributed by atoms with Gasteiger partial charge in [-0.05, 0) is 80.1 Å². The number of esters is 2. The number of unbranched alkanes of at least 4 members (excludes halogenated alkanes) is 7. The Balaban J connectivity index is 1.39. The first-order valence-electron chi connectivity index (χ1n) is 16.0. The maximum absolute atomic E-state index is 12.4. The highest BCUT2D eigenvalue weighted by Crippen LogP contribution is 2.22. The Kier molecular flexibility index (Phi) is 14.9. The molecule has 0 aromatic rings. The highest BCUT2D eigenvalue weighted by atomic mass is 16.6. The number of rotatable bonds is 13. The van der Waals surface area contributed by atoms with Crippen molar-refractivity contribution >= 4 is 24.1 Å². The molecule has 0 spiro atoms. The summed E-state index contributed by atoms with van der Waals surface area (Å²) in [7, 11) is 0. The fourth-order valence-corrected chi connectivity index (χ4v) is 5.09. The summed E-state index contributed by atoms with van der Waals surface area (Å²) in [5.74, 6) is -0.572. The van der Waals surface area contributed by atoms with Crippen molar-refractivity contribution in [1.29, 1.82) is 0 Å². The molecule has 2 aliphatic heterocycles. The molecule has 2 aliphatic rings. The zero-order valence-electron chi connectivity index (χ0n) is 27.0. The van der Waals surface area contributed by atoms with Crippen molar-refractivity contribution in [3.63, 3.8) is 0 Å². The third-order valence-electron chi connectivity index (χ3n) is 7.49. The normalized spacial score (nSPS) is 17.1. The van der Waals surface area contributed by atoms with Crippen molar-refractivity contribution in [1.82, 2.24) is 9.80 Å². The van der Waals surface area contributed by atoms with Gasteiger partial charge < -0.3 is 28.7 Å². The first-order chi connectivity index (χ1) is 19.7. The van der Waals surface area contributed by atoms with Crippen LogP contribution in [0, 0.1) is 11.8 Å². The molecule has 0 unspecified atom stereocenters. The molecule has 0 aromatic carbocycles. The highest BCUT2D eigenvalue weighted by molar-refractivity contribution is 5.74. The molecule has 10 nitrogen and oxygen atoms in total. The highest BCUT2D eigenvalue weighted by Gasteiger charge is 2.32. The first-order valence-corrected chi connectivity index (χ1v) is 16.0. The lowest BCUT2D eigenvalue weighted by Gasteiger charge is -2.32. The average Bonchev–Trinajstić information content (AvgIpc) is 2.91. The molecule has 0 radical (unpaired) electrons. The molecule has 0 atom stereocenters. The second kappa shape index (κ2) is 17.6. The molecule has 2 fully saturated rings. The maximum atomic E-state index is 12.4. The summed E-state index contributed by atoms with van der Waals surface area (Å²) in [6, 6.07) is 0. The Labute approximate surface area is 253 Å². The van der Waals surface area contributed by atoms with Crippen LogP contribution >= 0.6 is 0 Å². The molecule has 0 aliphatic carbocycles. The van der Waals surface area contributed by atoms with E-state index in [1.807, 2.05) is 41.5 Å². The van der Waals surface area contributed by atoms with Crippen molar-refractivity contribution in [3.05, 3.63) is 0 Å². The van der Waals surface area contributed by atoms with Crippen LogP contribution in [0.4, 0.5) is 9.59 Å². The maximum Gasteiger partial charge on any atom is 0.410 e. The van der Waals surface area contributed by atoms with E-state index in [0.717, 1.165) is 51.4 Å². The predicted octanol–water partition coefficient (Wildman–Crippen LogP) is 6.49. The third-order valence-corrected chi connectivity index (χ3v) is 7.49. The molecule has 10 heteroatoms. The fraction of sp³-hybridized carbons (Fsp3) is 0.875. The minimum atomic E-state index is -0.518.